The molecule has 2 saturated heterocycles. The number of rotatable bonds is 5. The molecule has 0 aromatic carbocycles. The second kappa shape index (κ2) is 7.80. The molecule has 0 aliphatic carbocycles. The van der Waals surface area contributed by atoms with Gasteiger partial charge in [-0.3, -0.25) is 4.79 Å². The number of amides is 3. The molecule has 0 bridgehead atoms. The normalized spacial score (nSPS) is 24.8. The molecular weight excluding hydrogens is 306 g/mol. The van der Waals surface area contributed by atoms with Gasteiger partial charge in [0.15, 0.2) is 9.84 Å². The van der Waals surface area contributed by atoms with Gasteiger partial charge < -0.3 is 15.5 Å². The first kappa shape index (κ1) is 17.1. The Labute approximate surface area is 131 Å². The highest BCUT2D eigenvalue weighted by Crippen LogP contribution is 2.12. The first-order valence-electron chi connectivity index (χ1n) is 7.99. The van der Waals surface area contributed by atoms with Crippen LogP contribution in [0.15, 0.2) is 0 Å². The van der Waals surface area contributed by atoms with Crippen molar-refractivity contribution in [1.82, 2.24) is 15.5 Å². The lowest BCUT2D eigenvalue weighted by molar-refractivity contribution is -0.130. The van der Waals surface area contributed by atoms with Crippen molar-refractivity contribution in [2.45, 2.75) is 44.6 Å². The molecule has 126 valence electrons. The van der Waals surface area contributed by atoms with Crippen LogP contribution >= 0.6 is 0 Å². The van der Waals surface area contributed by atoms with Crippen LogP contribution in [-0.2, 0) is 14.6 Å². The van der Waals surface area contributed by atoms with Crippen molar-refractivity contribution in [3.8, 4) is 0 Å². The third kappa shape index (κ3) is 5.47. The molecule has 0 radical (unpaired) electrons. The van der Waals surface area contributed by atoms with Gasteiger partial charge >= 0.3 is 6.03 Å². The van der Waals surface area contributed by atoms with Gasteiger partial charge in [0.1, 0.15) is 0 Å². The van der Waals surface area contributed by atoms with Crippen molar-refractivity contribution in [3.63, 3.8) is 0 Å². The minimum absolute atomic E-state index is 0.0305. The largest absolute Gasteiger partial charge is 0.343 e. The van der Waals surface area contributed by atoms with Crippen LogP contribution in [0.5, 0.6) is 0 Å². The molecule has 2 heterocycles. The Morgan fingerprint density at radius 1 is 1.27 bits per heavy atom. The lowest BCUT2D eigenvalue weighted by Gasteiger charge is -2.20. The van der Waals surface area contributed by atoms with E-state index in [-0.39, 0.29) is 29.5 Å². The van der Waals surface area contributed by atoms with Crippen LogP contribution < -0.4 is 10.6 Å². The van der Waals surface area contributed by atoms with Crippen molar-refractivity contribution in [2.24, 2.45) is 0 Å². The summed E-state index contributed by atoms with van der Waals surface area (Å²) in [4.78, 5) is 25.4. The topological polar surface area (TPSA) is 95.6 Å². The highest BCUT2D eigenvalue weighted by molar-refractivity contribution is 7.91. The third-order valence-corrected chi connectivity index (χ3v) is 5.90. The molecule has 2 aliphatic rings. The molecule has 0 aromatic heterocycles. The average molecular weight is 331 g/mol. The van der Waals surface area contributed by atoms with E-state index in [9.17, 15) is 18.0 Å². The SMILES string of the molecule is O=C(NCCCN1CCCCCC1=O)N[C@@H]1CCS(=O)(=O)C1. The second-order valence-corrected chi connectivity index (χ2v) is 8.27. The Bertz CT molecular complexity index is 506. The first-order chi connectivity index (χ1) is 10.5. The number of nitrogens with one attached hydrogen (secondary N) is 2. The van der Waals surface area contributed by atoms with E-state index in [1.54, 1.807) is 0 Å². The zero-order chi connectivity index (χ0) is 16.0. The van der Waals surface area contributed by atoms with Crippen LogP contribution in [0.2, 0.25) is 0 Å². The van der Waals surface area contributed by atoms with Gasteiger partial charge in [0.25, 0.3) is 0 Å². The Kier molecular flexibility index (Phi) is 6.05. The lowest BCUT2D eigenvalue weighted by Crippen LogP contribution is -2.43. The van der Waals surface area contributed by atoms with Crippen LogP contribution in [0.1, 0.15) is 38.5 Å². The van der Waals surface area contributed by atoms with Crippen molar-refractivity contribution in [2.75, 3.05) is 31.1 Å². The van der Waals surface area contributed by atoms with Crippen LogP contribution in [0.25, 0.3) is 0 Å². The van der Waals surface area contributed by atoms with Crippen LogP contribution in [0.4, 0.5) is 4.79 Å². The molecule has 2 N–H and O–H groups in total. The summed E-state index contributed by atoms with van der Waals surface area (Å²) >= 11 is 0. The van der Waals surface area contributed by atoms with Crippen LogP contribution in [0, 0.1) is 0 Å². The van der Waals surface area contributed by atoms with Gasteiger partial charge in [-0.15, -0.1) is 0 Å². The number of carbonyl (C=O) groups excluding carboxylic acids is 2. The number of sulfone groups is 1. The second-order valence-electron chi connectivity index (χ2n) is 6.05. The van der Waals surface area contributed by atoms with E-state index in [4.69, 9.17) is 0 Å². The Hall–Kier alpha value is -1.31. The van der Waals surface area contributed by atoms with Gasteiger partial charge in [0, 0.05) is 32.1 Å². The summed E-state index contributed by atoms with van der Waals surface area (Å²) in [6.45, 7) is 1.96. The zero-order valence-corrected chi connectivity index (χ0v) is 13.7. The van der Waals surface area contributed by atoms with Gasteiger partial charge in [0.05, 0.1) is 11.5 Å². The third-order valence-electron chi connectivity index (χ3n) is 4.13. The molecular formula is C14H25N3O4S. The predicted molar refractivity (Wildman–Crippen MR) is 83.3 cm³/mol. The number of urea groups is 1. The molecule has 0 saturated carbocycles. The molecule has 7 nitrogen and oxygen atoms in total. The molecule has 8 heteroatoms. The predicted octanol–water partition coefficient (Wildman–Crippen LogP) is 0.265. The Morgan fingerprint density at radius 3 is 2.82 bits per heavy atom. The van der Waals surface area contributed by atoms with Gasteiger partial charge in [-0.2, -0.15) is 0 Å². The number of likely N-dealkylation sites (tertiary alicyclic amines) is 1. The summed E-state index contributed by atoms with van der Waals surface area (Å²) in [5.74, 6) is 0.385. The van der Waals surface area contributed by atoms with E-state index < -0.39 is 9.84 Å². The van der Waals surface area contributed by atoms with Gasteiger partial charge in [-0.25, -0.2) is 13.2 Å². The summed E-state index contributed by atoms with van der Waals surface area (Å²) in [5, 5.41) is 5.41. The molecule has 3 amide bonds. The van der Waals surface area contributed by atoms with Gasteiger partial charge in [-0.05, 0) is 25.7 Å². The molecule has 2 fully saturated rings. The average Bonchev–Trinajstić information content (AvgIpc) is 2.66. The highest BCUT2D eigenvalue weighted by atomic mass is 32.2. The molecule has 2 rings (SSSR count). The van der Waals surface area contributed by atoms with Crippen molar-refractivity contribution >= 4 is 21.8 Å². The Balaban J connectivity index is 1.60. The molecule has 2 aliphatic heterocycles. The maximum atomic E-state index is 11.8. The summed E-state index contributed by atoms with van der Waals surface area (Å²) in [7, 11) is -2.98. The fourth-order valence-electron chi connectivity index (χ4n) is 2.89. The van der Waals surface area contributed by atoms with Crippen LogP contribution in [0.3, 0.4) is 0 Å². The molecule has 22 heavy (non-hydrogen) atoms. The van der Waals surface area contributed by atoms with E-state index in [0.717, 1.165) is 25.8 Å². The first-order valence-corrected chi connectivity index (χ1v) is 9.81. The molecule has 0 spiro atoms. The highest BCUT2D eigenvalue weighted by Gasteiger charge is 2.28. The van der Waals surface area contributed by atoms with Crippen molar-refractivity contribution in [3.05, 3.63) is 0 Å². The smallest absolute Gasteiger partial charge is 0.315 e. The van der Waals surface area contributed by atoms with Crippen LogP contribution in [-0.4, -0.2) is 62.4 Å². The zero-order valence-electron chi connectivity index (χ0n) is 12.8. The summed E-state index contributed by atoms with van der Waals surface area (Å²) in [6.07, 6.45) is 4.95. The molecule has 0 aromatic rings. The fraction of sp³-hybridized carbons (Fsp3) is 0.857. The number of hydrogen-bond donors (Lipinski definition) is 2. The van der Waals surface area contributed by atoms with E-state index in [2.05, 4.69) is 10.6 Å². The van der Waals surface area contributed by atoms with Crippen molar-refractivity contribution in [1.29, 1.82) is 0 Å². The van der Waals surface area contributed by atoms with Gasteiger partial charge in [-0.1, -0.05) is 6.42 Å². The fourth-order valence-corrected chi connectivity index (χ4v) is 4.57. The number of carbonyl (C=O) groups is 2. The molecule has 1 atom stereocenters. The van der Waals surface area contributed by atoms with E-state index >= 15 is 0 Å². The van der Waals surface area contributed by atoms with Gasteiger partial charge in [0.2, 0.25) is 5.91 Å². The Morgan fingerprint density at radius 2 is 2.09 bits per heavy atom. The number of hydrogen-bond acceptors (Lipinski definition) is 4. The summed E-state index contributed by atoms with van der Waals surface area (Å²) in [5.41, 5.74) is 0. The lowest BCUT2D eigenvalue weighted by atomic mass is 10.2. The summed E-state index contributed by atoms with van der Waals surface area (Å²) < 4.78 is 22.6. The quantitative estimate of drug-likeness (QED) is 0.707. The maximum Gasteiger partial charge on any atom is 0.315 e. The monoisotopic (exact) mass is 331 g/mol. The van der Waals surface area contributed by atoms with Crippen molar-refractivity contribution < 1.29 is 18.0 Å². The minimum atomic E-state index is -2.98. The van der Waals surface area contributed by atoms with E-state index in [1.807, 2.05) is 4.90 Å². The maximum absolute atomic E-state index is 11.8. The number of nitrogens with zero attached hydrogens (tertiary/aromatic N) is 1. The summed E-state index contributed by atoms with van der Waals surface area (Å²) in [6, 6.07) is -0.610. The van der Waals surface area contributed by atoms with E-state index in [0.29, 0.717) is 32.4 Å². The molecule has 0 unspecified atom stereocenters. The standard InChI is InChI=1S/C14H25N3O4S/c18-13-5-2-1-3-8-17(13)9-4-7-15-14(19)16-12-6-10-22(20,21)11-12/h12H,1-11H2,(H2,15,16,19)/t12-/m1/s1. The van der Waals surface area contributed by atoms with E-state index in [1.165, 1.54) is 0 Å². The minimum Gasteiger partial charge on any atom is -0.343 e.